The Labute approximate surface area is 273 Å². The molecule has 46 heavy (non-hydrogen) atoms. The van der Waals surface area contributed by atoms with Crippen molar-refractivity contribution in [3.05, 3.63) is 82.2 Å². The van der Waals surface area contributed by atoms with Crippen molar-refractivity contribution in [2.24, 2.45) is 7.05 Å². The Balaban J connectivity index is 1.24. The first-order valence-corrected chi connectivity index (χ1v) is 15.1. The van der Waals surface area contributed by atoms with Crippen LogP contribution in [0.3, 0.4) is 0 Å². The van der Waals surface area contributed by atoms with Gasteiger partial charge in [-0.1, -0.05) is 41.4 Å². The van der Waals surface area contributed by atoms with Crippen molar-refractivity contribution in [3.63, 3.8) is 0 Å². The molecule has 234 valence electrons. The van der Waals surface area contributed by atoms with E-state index in [4.69, 9.17) is 32.7 Å². The molecule has 6 rings (SSSR count). The van der Waals surface area contributed by atoms with Gasteiger partial charge < -0.3 is 24.7 Å². The van der Waals surface area contributed by atoms with Gasteiger partial charge in [0.1, 0.15) is 6.61 Å². The first kappa shape index (κ1) is 31.0. The minimum Gasteiger partial charge on any atom is -0.481 e. The standard InChI is InChI=1S/C33H28Cl2N6O5/c1-41-15-20(16-42)30-26(41)12-19(13-37-30)31-29(35)23(10-11-36-31)22-4-3-5-24(28(22)34)25-8-6-18(32(40-25)45-2)17-46-33(44)38-14-21-7-9-27(43)39-21/h3-6,8,10-13,15-16,21H,7,9,14,17H2,1-2H3,(H,38,44)(H,39,43)/t21-/m0/s1. The zero-order chi connectivity index (χ0) is 32.4. The van der Waals surface area contributed by atoms with Gasteiger partial charge in [0, 0.05) is 66.9 Å². The highest BCUT2D eigenvalue weighted by molar-refractivity contribution is 6.39. The van der Waals surface area contributed by atoms with E-state index in [9.17, 15) is 14.4 Å². The van der Waals surface area contributed by atoms with Crippen LogP contribution in [0.2, 0.25) is 10.0 Å². The van der Waals surface area contributed by atoms with E-state index >= 15 is 0 Å². The van der Waals surface area contributed by atoms with Crippen LogP contribution in [-0.4, -0.2) is 57.5 Å². The van der Waals surface area contributed by atoms with Gasteiger partial charge in [0.05, 0.1) is 50.7 Å². The number of benzene rings is 1. The molecule has 1 aliphatic rings. The lowest BCUT2D eigenvalue weighted by Crippen LogP contribution is -2.38. The fourth-order valence-electron chi connectivity index (χ4n) is 5.43. The number of carbonyl (C=O) groups is 3. The molecule has 0 saturated carbocycles. The number of amides is 2. The summed E-state index contributed by atoms with van der Waals surface area (Å²) >= 11 is 13.9. The second-order valence-corrected chi connectivity index (χ2v) is 11.5. The maximum absolute atomic E-state index is 12.2. The maximum Gasteiger partial charge on any atom is 0.407 e. The number of aryl methyl sites for hydroxylation is 1. The van der Waals surface area contributed by atoms with Crippen LogP contribution in [0.1, 0.15) is 28.8 Å². The molecule has 0 bridgehead atoms. The van der Waals surface area contributed by atoms with Crippen molar-refractivity contribution in [1.82, 2.24) is 30.2 Å². The second kappa shape index (κ2) is 13.2. The summed E-state index contributed by atoms with van der Waals surface area (Å²) in [5.41, 5.74) is 6.18. The molecule has 11 nitrogen and oxygen atoms in total. The Morgan fingerprint density at radius 3 is 2.70 bits per heavy atom. The monoisotopic (exact) mass is 658 g/mol. The van der Waals surface area contributed by atoms with Gasteiger partial charge in [-0.3, -0.25) is 19.6 Å². The zero-order valence-electron chi connectivity index (χ0n) is 24.8. The number of nitrogens with one attached hydrogen (secondary N) is 2. The predicted molar refractivity (Wildman–Crippen MR) is 174 cm³/mol. The Kier molecular flexibility index (Phi) is 8.87. The number of hydrogen-bond donors (Lipinski definition) is 2. The molecule has 2 amide bonds. The summed E-state index contributed by atoms with van der Waals surface area (Å²) in [4.78, 5) is 48.7. The van der Waals surface area contributed by atoms with E-state index in [-0.39, 0.29) is 31.0 Å². The topological polar surface area (TPSA) is 137 Å². The number of pyridine rings is 3. The predicted octanol–water partition coefficient (Wildman–Crippen LogP) is 6.00. The van der Waals surface area contributed by atoms with Crippen LogP contribution in [0, 0.1) is 0 Å². The number of fused-ring (bicyclic) bond motifs is 1. The third-order valence-electron chi connectivity index (χ3n) is 7.78. The molecule has 5 aromatic rings. The van der Waals surface area contributed by atoms with E-state index < -0.39 is 6.09 Å². The zero-order valence-corrected chi connectivity index (χ0v) is 26.4. The quantitative estimate of drug-likeness (QED) is 0.184. The summed E-state index contributed by atoms with van der Waals surface area (Å²) in [6.45, 7) is 0.223. The highest BCUT2D eigenvalue weighted by atomic mass is 35.5. The summed E-state index contributed by atoms with van der Waals surface area (Å²) in [7, 11) is 3.33. The van der Waals surface area contributed by atoms with Crippen molar-refractivity contribution in [1.29, 1.82) is 0 Å². The number of ether oxygens (including phenoxy) is 2. The highest BCUT2D eigenvalue weighted by Gasteiger charge is 2.22. The highest BCUT2D eigenvalue weighted by Crippen LogP contribution is 2.42. The summed E-state index contributed by atoms with van der Waals surface area (Å²) in [6, 6.07) is 12.7. The van der Waals surface area contributed by atoms with E-state index in [1.54, 1.807) is 36.8 Å². The van der Waals surface area contributed by atoms with Gasteiger partial charge in [-0.25, -0.2) is 9.78 Å². The van der Waals surface area contributed by atoms with Crippen molar-refractivity contribution < 1.29 is 23.9 Å². The molecule has 4 aromatic heterocycles. The lowest BCUT2D eigenvalue weighted by Gasteiger charge is -2.15. The summed E-state index contributed by atoms with van der Waals surface area (Å²) in [6.07, 6.45) is 6.32. The van der Waals surface area contributed by atoms with Crippen LogP contribution in [-0.2, 0) is 23.2 Å². The molecule has 5 heterocycles. The Morgan fingerprint density at radius 2 is 1.93 bits per heavy atom. The van der Waals surface area contributed by atoms with Crippen molar-refractivity contribution in [2.45, 2.75) is 25.5 Å². The molecule has 1 atom stereocenters. The molecule has 1 saturated heterocycles. The number of nitrogens with zero attached hydrogens (tertiary/aromatic N) is 4. The van der Waals surface area contributed by atoms with Crippen molar-refractivity contribution >= 4 is 52.5 Å². The van der Waals surface area contributed by atoms with Crippen LogP contribution in [0.15, 0.2) is 61.1 Å². The molecule has 1 aliphatic heterocycles. The van der Waals surface area contributed by atoms with Gasteiger partial charge >= 0.3 is 6.09 Å². The Morgan fingerprint density at radius 1 is 1.13 bits per heavy atom. The Bertz CT molecular complexity index is 2000. The van der Waals surface area contributed by atoms with Crippen molar-refractivity contribution in [3.8, 4) is 39.5 Å². The van der Waals surface area contributed by atoms with E-state index in [0.29, 0.717) is 73.2 Å². The third kappa shape index (κ3) is 6.11. The van der Waals surface area contributed by atoms with Crippen molar-refractivity contribution in [2.75, 3.05) is 13.7 Å². The number of methoxy groups -OCH3 is 1. The first-order chi connectivity index (χ1) is 22.3. The molecule has 0 aliphatic carbocycles. The minimum atomic E-state index is -0.610. The maximum atomic E-state index is 12.2. The number of aldehydes is 1. The van der Waals surface area contributed by atoms with Gasteiger partial charge in [-0.15, -0.1) is 0 Å². The molecular formula is C33H28Cl2N6O5. The third-order valence-corrected chi connectivity index (χ3v) is 8.57. The van der Waals surface area contributed by atoms with Crippen LogP contribution in [0.5, 0.6) is 5.88 Å². The summed E-state index contributed by atoms with van der Waals surface area (Å²) in [5.74, 6) is 0.255. The number of halogens is 2. The number of rotatable bonds is 9. The normalized spacial score (nSPS) is 14.3. The van der Waals surface area contributed by atoms with Crippen LogP contribution >= 0.6 is 23.2 Å². The van der Waals surface area contributed by atoms with Gasteiger partial charge in [0.15, 0.2) is 6.29 Å². The lowest BCUT2D eigenvalue weighted by atomic mass is 10.00. The van der Waals surface area contributed by atoms with Gasteiger partial charge in [-0.2, -0.15) is 0 Å². The van der Waals surface area contributed by atoms with Gasteiger partial charge in [0.2, 0.25) is 11.8 Å². The molecule has 13 heteroatoms. The SMILES string of the molecule is COc1nc(-c2cccc(-c3ccnc(-c4cnc5c(C=O)cn(C)c5c4)c3Cl)c2Cl)ccc1COC(=O)NC[C@@H]1CCC(=O)N1. The van der Waals surface area contributed by atoms with E-state index in [1.165, 1.54) is 7.11 Å². The number of alkyl carbamates (subject to hydrolysis) is 1. The molecule has 1 fully saturated rings. The fourth-order valence-corrected chi connectivity index (χ4v) is 6.07. The van der Waals surface area contributed by atoms with E-state index in [2.05, 4.69) is 25.6 Å². The lowest BCUT2D eigenvalue weighted by molar-refractivity contribution is -0.119. The first-order valence-electron chi connectivity index (χ1n) is 14.4. The molecule has 2 N–H and O–H groups in total. The number of aromatic nitrogens is 4. The Hall–Kier alpha value is -5.00. The smallest absolute Gasteiger partial charge is 0.407 e. The molecule has 1 aromatic carbocycles. The molecular weight excluding hydrogens is 631 g/mol. The second-order valence-electron chi connectivity index (χ2n) is 10.7. The average Bonchev–Trinajstić information content (AvgIpc) is 3.64. The van der Waals surface area contributed by atoms with E-state index in [0.717, 1.165) is 11.8 Å². The van der Waals surface area contributed by atoms with Gasteiger partial charge in [0.25, 0.3) is 0 Å². The largest absolute Gasteiger partial charge is 0.481 e. The molecule has 0 spiro atoms. The fraction of sp³-hybridized carbons (Fsp3) is 0.212. The average molecular weight is 660 g/mol. The minimum absolute atomic E-state index is 0.0234. The van der Waals surface area contributed by atoms with Crippen LogP contribution in [0.25, 0.3) is 44.7 Å². The van der Waals surface area contributed by atoms with E-state index in [1.807, 2.05) is 35.9 Å². The molecule has 0 radical (unpaired) electrons. The van der Waals surface area contributed by atoms with Gasteiger partial charge in [-0.05, 0) is 30.7 Å². The van der Waals surface area contributed by atoms with Crippen LogP contribution < -0.4 is 15.4 Å². The number of hydrogen-bond acceptors (Lipinski definition) is 8. The molecule has 0 unspecified atom stereocenters. The summed E-state index contributed by atoms with van der Waals surface area (Å²) < 4.78 is 12.7. The van der Waals surface area contributed by atoms with Crippen LogP contribution in [0.4, 0.5) is 4.79 Å². The summed E-state index contributed by atoms with van der Waals surface area (Å²) in [5, 5.41) is 6.27. The number of carbonyl (C=O) groups excluding carboxylic acids is 3.